The summed E-state index contributed by atoms with van der Waals surface area (Å²) in [5.74, 6) is 0.176. The van der Waals surface area contributed by atoms with Gasteiger partial charge in [0.25, 0.3) is 0 Å². The third-order valence-corrected chi connectivity index (χ3v) is 2.42. The van der Waals surface area contributed by atoms with Crippen molar-refractivity contribution in [3.05, 3.63) is 42.2 Å². The van der Waals surface area contributed by atoms with E-state index < -0.39 is 0 Å². The largest absolute Gasteiger partial charge is 0.396 e. The van der Waals surface area contributed by atoms with Crippen LogP contribution < -0.4 is 0 Å². The van der Waals surface area contributed by atoms with Gasteiger partial charge in [0.2, 0.25) is 0 Å². The molecule has 1 atom stereocenters. The number of nitrogens with zero attached hydrogens (tertiary/aromatic N) is 3. The monoisotopic (exact) mass is 203 g/mol. The number of aliphatic hydroxyl groups is 1. The summed E-state index contributed by atoms with van der Waals surface area (Å²) in [5.41, 5.74) is 2.10. The molecule has 0 amide bonds. The molecule has 0 saturated heterocycles. The van der Waals surface area contributed by atoms with Crippen molar-refractivity contribution >= 4 is 0 Å². The molecule has 0 aliphatic carbocycles. The van der Waals surface area contributed by atoms with Crippen LogP contribution in [-0.2, 0) is 0 Å². The minimum absolute atomic E-state index is 0.169. The normalized spacial score (nSPS) is 12.7. The fraction of sp³-hybridized carbons (Fsp3) is 0.273. The van der Waals surface area contributed by atoms with Crippen LogP contribution in [0.4, 0.5) is 0 Å². The number of rotatable bonds is 3. The standard InChI is InChI=1S/C11H13N3O/c1-9(8-15)10-2-4-11(5-3-10)14-7-6-12-13-14/h2-7,9,15H,8H2,1H3. The number of hydrogen-bond donors (Lipinski definition) is 1. The molecule has 0 bridgehead atoms. The van der Waals surface area contributed by atoms with Crippen molar-refractivity contribution < 1.29 is 5.11 Å². The van der Waals surface area contributed by atoms with Crippen LogP contribution in [0.3, 0.4) is 0 Å². The molecule has 15 heavy (non-hydrogen) atoms. The number of benzene rings is 1. The first-order valence-electron chi connectivity index (χ1n) is 4.89. The summed E-state index contributed by atoms with van der Waals surface area (Å²) < 4.78 is 1.70. The van der Waals surface area contributed by atoms with Crippen LogP contribution >= 0.6 is 0 Å². The van der Waals surface area contributed by atoms with Gasteiger partial charge in [0, 0.05) is 12.5 Å². The van der Waals surface area contributed by atoms with Crippen molar-refractivity contribution in [3.8, 4) is 5.69 Å². The van der Waals surface area contributed by atoms with Gasteiger partial charge in [-0.05, 0) is 17.7 Å². The van der Waals surface area contributed by atoms with E-state index >= 15 is 0 Å². The number of aliphatic hydroxyl groups excluding tert-OH is 1. The maximum Gasteiger partial charge on any atom is 0.0697 e. The Labute approximate surface area is 88.2 Å². The molecule has 4 heteroatoms. The molecule has 1 aromatic heterocycles. The van der Waals surface area contributed by atoms with E-state index in [0.29, 0.717) is 0 Å². The van der Waals surface area contributed by atoms with E-state index in [1.54, 1.807) is 17.1 Å². The Morgan fingerprint density at radius 3 is 2.60 bits per heavy atom. The Morgan fingerprint density at radius 2 is 2.07 bits per heavy atom. The van der Waals surface area contributed by atoms with Gasteiger partial charge in [0.05, 0.1) is 18.1 Å². The lowest BCUT2D eigenvalue weighted by Crippen LogP contribution is -2.00. The molecule has 0 aliphatic heterocycles. The van der Waals surface area contributed by atoms with Gasteiger partial charge >= 0.3 is 0 Å². The summed E-state index contributed by atoms with van der Waals surface area (Å²) in [5, 5.41) is 16.7. The zero-order chi connectivity index (χ0) is 10.7. The summed E-state index contributed by atoms with van der Waals surface area (Å²) >= 11 is 0. The molecule has 0 radical (unpaired) electrons. The second kappa shape index (κ2) is 4.23. The highest BCUT2D eigenvalue weighted by molar-refractivity contribution is 5.34. The van der Waals surface area contributed by atoms with Gasteiger partial charge in [-0.2, -0.15) is 0 Å². The van der Waals surface area contributed by atoms with Crippen molar-refractivity contribution in [1.29, 1.82) is 0 Å². The molecule has 2 rings (SSSR count). The number of aromatic nitrogens is 3. The van der Waals surface area contributed by atoms with Gasteiger partial charge in [-0.15, -0.1) is 5.10 Å². The topological polar surface area (TPSA) is 50.9 Å². The van der Waals surface area contributed by atoms with Crippen LogP contribution in [0, 0.1) is 0 Å². The third kappa shape index (κ3) is 2.05. The summed E-state index contributed by atoms with van der Waals surface area (Å²) in [7, 11) is 0. The number of hydrogen-bond acceptors (Lipinski definition) is 3. The molecule has 1 unspecified atom stereocenters. The minimum atomic E-state index is 0.169. The molecular formula is C11H13N3O. The fourth-order valence-electron chi connectivity index (χ4n) is 1.41. The lowest BCUT2D eigenvalue weighted by Gasteiger charge is -2.08. The van der Waals surface area contributed by atoms with Crippen LogP contribution in [-0.4, -0.2) is 26.7 Å². The van der Waals surface area contributed by atoms with E-state index in [-0.39, 0.29) is 12.5 Å². The Kier molecular flexibility index (Phi) is 2.78. The molecule has 78 valence electrons. The Bertz CT molecular complexity index is 408. The van der Waals surface area contributed by atoms with E-state index in [1.807, 2.05) is 31.2 Å². The Balaban J connectivity index is 2.25. The molecule has 1 N–H and O–H groups in total. The van der Waals surface area contributed by atoms with Gasteiger partial charge in [-0.3, -0.25) is 0 Å². The summed E-state index contributed by atoms with van der Waals surface area (Å²) in [6.07, 6.45) is 3.44. The van der Waals surface area contributed by atoms with Crippen LogP contribution in [0.1, 0.15) is 18.4 Å². The molecule has 0 aliphatic rings. The van der Waals surface area contributed by atoms with E-state index in [1.165, 1.54) is 0 Å². The molecule has 0 saturated carbocycles. The van der Waals surface area contributed by atoms with E-state index in [9.17, 15) is 0 Å². The molecule has 1 heterocycles. The first kappa shape index (κ1) is 9.86. The van der Waals surface area contributed by atoms with Crippen molar-refractivity contribution in [2.45, 2.75) is 12.8 Å². The highest BCUT2D eigenvalue weighted by Crippen LogP contribution is 2.16. The summed E-state index contributed by atoms with van der Waals surface area (Å²) in [6, 6.07) is 7.93. The molecule has 0 fully saturated rings. The SMILES string of the molecule is CC(CO)c1ccc(-n2ccnn2)cc1. The highest BCUT2D eigenvalue weighted by atomic mass is 16.3. The molecular weight excluding hydrogens is 190 g/mol. The fourth-order valence-corrected chi connectivity index (χ4v) is 1.41. The van der Waals surface area contributed by atoms with E-state index in [4.69, 9.17) is 5.11 Å². The quantitative estimate of drug-likeness (QED) is 0.819. The predicted molar refractivity (Wildman–Crippen MR) is 56.9 cm³/mol. The highest BCUT2D eigenvalue weighted by Gasteiger charge is 2.03. The lowest BCUT2D eigenvalue weighted by molar-refractivity contribution is 0.273. The van der Waals surface area contributed by atoms with E-state index in [2.05, 4.69) is 10.3 Å². The van der Waals surface area contributed by atoms with E-state index in [0.717, 1.165) is 11.3 Å². The van der Waals surface area contributed by atoms with Crippen LogP contribution in [0.15, 0.2) is 36.7 Å². The van der Waals surface area contributed by atoms with Crippen molar-refractivity contribution in [1.82, 2.24) is 15.0 Å². The summed E-state index contributed by atoms with van der Waals surface area (Å²) in [4.78, 5) is 0. The Morgan fingerprint density at radius 1 is 1.33 bits per heavy atom. The summed E-state index contributed by atoms with van der Waals surface area (Å²) in [6.45, 7) is 2.16. The zero-order valence-electron chi connectivity index (χ0n) is 8.54. The van der Waals surface area contributed by atoms with Crippen molar-refractivity contribution in [3.63, 3.8) is 0 Å². The zero-order valence-corrected chi connectivity index (χ0v) is 8.54. The van der Waals surface area contributed by atoms with Gasteiger partial charge in [-0.1, -0.05) is 24.3 Å². The van der Waals surface area contributed by atoms with Crippen LogP contribution in [0.5, 0.6) is 0 Å². The van der Waals surface area contributed by atoms with Gasteiger partial charge in [-0.25, -0.2) is 4.68 Å². The predicted octanol–water partition coefficient (Wildman–Crippen LogP) is 1.36. The van der Waals surface area contributed by atoms with Crippen molar-refractivity contribution in [2.75, 3.05) is 6.61 Å². The second-order valence-electron chi connectivity index (χ2n) is 3.52. The average molecular weight is 203 g/mol. The molecule has 4 nitrogen and oxygen atoms in total. The maximum atomic E-state index is 9.01. The van der Waals surface area contributed by atoms with Crippen molar-refractivity contribution in [2.24, 2.45) is 0 Å². The first-order chi connectivity index (χ1) is 7.31. The van der Waals surface area contributed by atoms with Gasteiger partial charge in [0.1, 0.15) is 0 Å². The Hall–Kier alpha value is -1.68. The smallest absolute Gasteiger partial charge is 0.0697 e. The minimum Gasteiger partial charge on any atom is -0.396 e. The maximum absolute atomic E-state index is 9.01. The molecule has 0 spiro atoms. The lowest BCUT2D eigenvalue weighted by atomic mass is 10.0. The first-order valence-corrected chi connectivity index (χ1v) is 4.89. The van der Waals surface area contributed by atoms with Crippen LogP contribution in [0.2, 0.25) is 0 Å². The molecule has 2 aromatic rings. The van der Waals surface area contributed by atoms with Gasteiger partial charge in [0.15, 0.2) is 0 Å². The van der Waals surface area contributed by atoms with Crippen LogP contribution in [0.25, 0.3) is 5.69 Å². The second-order valence-corrected chi connectivity index (χ2v) is 3.52. The molecule has 1 aromatic carbocycles. The third-order valence-electron chi connectivity index (χ3n) is 2.42. The average Bonchev–Trinajstić information content (AvgIpc) is 2.82. The van der Waals surface area contributed by atoms with Gasteiger partial charge < -0.3 is 5.11 Å².